The summed E-state index contributed by atoms with van der Waals surface area (Å²) in [6.45, 7) is 14.3. The van der Waals surface area contributed by atoms with Gasteiger partial charge in [-0.05, 0) is 37.8 Å². The van der Waals surface area contributed by atoms with Crippen LogP contribution in [0.5, 0.6) is 0 Å². The summed E-state index contributed by atoms with van der Waals surface area (Å²) in [5.41, 5.74) is 2.04. The van der Waals surface area contributed by atoms with Gasteiger partial charge in [0.05, 0.1) is 36.6 Å². The van der Waals surface area contributed by atoms with Crippen LogP contribution in [0.15, 0.2) is 36.9 Å². The minimum atomic E-state index is -0.369. The molecule has 0 saturated heterocycles. The smallest absolute Gasteiger partial charge is 0.338 e. The fourth-order valence-electron chi connectivity index (χ4n) is 3.61. The quantitative estimate of drug-likeness (QED) is 0.309. The average molecular weight is 468 g/mol. The summed E-state index contributed by atoms with van der Waals surface area (Å²) in [5, 5.41) is 8.94. The highest BCUT2D eigenvalue weighted by Gasteiger charge is 2.20. The number of esters is 1. The number of hydrogen-bond acceptors (Lipinski definition) is 8. The largest absolute Gasteiger partial charge is 0.462 e. The zero-order valence-corrected chi connectivity index (χ0v) is 20.4. The molecule has 3 rings (SSSR count). The molecule has 0 aliphatic carbocycles. The van der Waals surface area contributed by atoms with Crippen molar-refractivity contribution in [2.24, 2.45) is 0 Å². The third-order valence-corrected chi connectivity index (χ3v) is 5.49. The number of unbranched alkanes of at least 4 members (excludes halogenated alkanes) is 3. The summed E-state index contributed by atoms with van der Waals surface area (Å²) < 4.78 is 5.42. The Bertz CT molecular complexity index is 776. The Kier molecular flexibility index (Phi) is 10.5. The molecule has 0 aromatic carbocycles. The number of hydrogen-bond donors (Lipinski definition) is 1. The molecule has 1 N–H and O–H groups in total. The first kappa shape index (κ1) is 25.9. The number of aliphatic hydroxyl groups excluding tert-OH is 1. The van der Waals surface area contributed by atoms with Crippen LogP contribution in [0.4, 0.5) is 0 Å². The van der Waals surface area contributed by atoms with Crippen molar-refractivity contribution >= 4 is 5.97 Å². The molecular weight excluding hydrogens is 430 g/mol. The Labute approximate surface area is 204 Å². The molecule has 0 atom stereocenters. The maximum Gasteiger partial charge on any atom is 0.338 e. The molecule has 34 heavy (non-hydrogen) atoms. The lowest BCUT2D eigenvalue weighted by Crippen LogP contribution is -2.22. The molecule has 8 heteroatoms. The van der Waals surface area contributed by atoms with Crippen LogP contribution in [0, 0.1) is 13.3 Å². The monoisotopic (exact) mass is 467 g/mol. The second kappa shape index (κ2) is 13.8. The molecule has 0 unspecified atom stereocenters. The molecule has 8 nitrogen and oxygen atoms in total. The van der Waals surface area contributed by atoms with Crippen LogP contribution in [0.25, 0.3) is 0 Å². The first-order valence-corrected chi connectivity index (χ1v) is 12.3. The molecule has 184 valence electrons. The molecule has 2 aliphatic rings. The number of nitrogens with zero attached hydrogens (tertiary/aromatic N) is 5. The van der Waals surface area contributed by atoms with Crippen molar-refractivity contribution in [3.05, 3.63) is 67.2 Å². The van der Waals surface area contributed by atoms with Gasteiger partial charge in [0, 0.05) is 44.5 Å². The van der Waals surface area contributed by atoms with E-state index >= 15 is 0 Å². The predicted molar refractivity (Wildman–Crippen MR) is 130 cm³/mol. The Hall–Kier alpha value is -2.74. The molecule has 0 spiro atoms. The number of carbonyl (C=O) groups is 1. The summed E-state index contributed by atoms with van der Waals surface area (Å²) >= 11 is 0. The van der Waals surface area contributed by atoms with Crippen molar-refractivity contribution in [2.45, 2.75) is 65.5 Å². The van der Waals surface area contributed by atoms with E-state index in [-0.39, 0.29) is 19.2 Å². The minimum Gasteiger partial charge on any atom is -0.462 e. The van der Waals surface area contributed by atoms with Crippen LogP contribution in [0.2, 0.25) is 0 Å². The van der Waals surface area contributed by atoms with Gasteiger partial charge in [0.25, 0.3) is 0 Å². The standard InChI is InChI=1S/C26H37N5O3/c1-3-5-9-28-11-13-30(21-28)19-24-17-23(26(33)34-16-8-7-15-32)18-25(27-24)20-31-14-12-29(22-31)10-6-4-2/h11-14,17-18,32H,3-10,15-16,19-20H2,1-2H3. The molecule has 4 radical (unpaired) electrons. The van der Waals surface area contributed by atoms with Gasteiger partial charge in [-0.1, -0.05) is 26.7 Å². The van der Waals surface area contributed by atoms with E-state index in [1.165, 1.54) is 0 Å². The first-order valence-electron chi connectivity index (χ1n) is 12.3. The summed E-state index contributed by atoms with van der Waals surface area (Å²) in [6.07, 6.45) is 13.7. The van der Waals surface area contributed by atoms with Gasteiger partial charge < -0.3 is 29.4 Å². The molecule has 0 bridgehead atoms. The third kappa shape index (κ3) is 8.24. The van der Waals surface area contributed by atoms with Gasteiger partial charge in [-0.2, -0.15) is 0 Å². The van der Waals surface area contributed by atoms with E-state index in [4.69, 9.17) is 14.8 Å². The van der Waals surface area contributed by atoms with E-state index in [0.717, 1.165) is 50.2 Å². The van der Waals surface area contributed by atoms with Crippen LogP contribution in [-0.4, -0.2) is 62.0 Å². The van der Waals surface area contributed by atoms with Gasteiger partial charge in [0.15, 0.2) is 0 Å². The van der Waals surface area contributed by atoms with Crippen LogP contribution in [0.3, 0.4) is 0 Å². The number of rotatable bonds is 15. The van der Waals surface area contributed by atoms with Gasteiger partial charge in [0.2, 0.25) is 13.3 Å². The summed E-state index contributed by atoms with van der Waals surface area (Å²) in [4.78, 5) is 25.5. The van der Waals surface area contributed by atoms with Crippen molar-refractivity contribution < 1.29 is 14.6 Å². The molecule has 1 aromatic rings. The van der Waals surface area contributed by atoms with Crippen LogP contribution >= 0.6 is 0 Å². The van der Waals surface area contributed by atoms with E-state index in [1.54, 1.807) is 12.1 Å². The first-order chi connectivity index (χ1) is 16.6. The van der Waals surface area contributed by atoms with Crippen LogP contribution < -0.4 is 0 Å². The highest BCUT2D eigenvalue weighted by molar-refractivity contribution is 5.89. The van der Waals surface area contributed by atoms with Gasteiger partial charge in [-0.15, -0.1) is 0 Å². The second-order valence-electron chi connectivity index (χ2n) is 8.55. The lowest BCUT2D eigenvalue weighted by atomic mass is 10.1. The maximum absolute atomic E-state index is 12.7. The van der Waals surface area contributed by atoms with Crippen molar-refractivity contribution in [1.82, 2.24) is 24.6 Å². The van der Waals surface area contributed by atoms with E-state index in [1.807, 2.05) is 44.4 Å². The van der Waals surface area contributed by atoms with Gasteiger partial charge in [-0.25, -0.2) is 4.79 Å². The van der Waals surface area contributed by atoms with Crippen LogP contribution in [-0.2, 0) is 17.8 Å². The van der Waals surface area contributed by atoms with E-state index in [9.17, 15) is 4.79 Å². The predicted octanol–water partition coefficient (Wildman–Crippen LogP) is 3.78. The number of aromatic nitrogens is 1. The second-order valence-corrected chi connectivity index (χ2v) is 8.55. The van der Waals surface area contributed by atoms with Crippen molar-refractivity contribution in [1.29, 1.82) is 0 Å². The van der Waals surface area contributed by atoms with Gasteiger partial charge in [-0.3, -0.25) is 4.98 Å². The Morgan fingerprint density at radius 2 is 1.38 bits per heavy atom. The van der Waals surface area contributed by atoms with Crippen molar-refractivity contribution in [2.75, 3.05) is 26.3 Å². The lowest BCUT2D eigenvalue weighted by Gasteiger charge is -2.20. The molecule has 3 heterocycles. The molecule has 0 fully saturated rings. The van der Waals surface area contributed by atoms with Gasteiger partial charge in [0.1, 0.15) is 0 Å². The fourth-order valence-corrected chi connectivity index (χ4v) is 3.61. The maximum atomic E-state index is 12.7. The van der Waals surface area contributed by atoms with E-state index in [2.05, 4.69) is 27.2 Å². The summed E-state index contributed by atoms with van der Waals surface area (Å²) in [6, 6.07) is 3.59. The zero-order chi connectivity index (χ0) is 24.2. The van der Waals surface area contributed by atoms with Crippen molar-refractivity contribution in [3.8, 4) is 0 Å². The van der Waals surface area contributed by atoms with Crippen LogP contribution in [0.1, 0.15) is 74.1 Å². The summed E-state index contributed by atoms with van der Waals surface area (Å²) in [7, 11) is 0. The highest BCUT2D eigenvalue weighted by atomic mass is 16.5. The zero-order valence-electron chi connectivity index (χ0n) is 20.4. The number of ether oxygens (including phenoxy) is 1. The number of carbonyl (C=O) groups excluding carboxylic acids is 1. The topological polar surface area (TPSA) is 72.4 Å². The third-order valence-electron chi connectivity index (χ3n) is 5.49. The minimum absolute atomic E-state index is 0.0956. The highest BCUT2D eigenvalue weighted by Crippen LogP contribution is 2.20. The van der Waals surface area contributed by atoms with E-state index in [0.29, 0.717) is 31.5 Å². The Balaban J connectivity index is 1.66. The molecule has 2 aliphatic heterocycles. The number of pyridine rings is 1. The fraction of sp³-hybridized carbons (Fsp3) is 0.538. The lowest BCUT2D eigenvalue weighted by molar-refractivity contribution is 0.0492. The molecule has 1 aromatic heterocycles. The average Bonchev–Trinajstić information content (AvgIpc) is 3.48. The SMILES string of the molecule is CCCCN1[C]N(Cc2cc(C(=O)OCCCCO)cc(CN3[C]N(CCCC)C=C3)n2)C=C1. The summed E-state index contributed by atoms with van der Waals surface area (Å²) in [5.74, 6) is -0.369. The normalized spacial score (nSPS) is 15.1. The Morgan fingerprint density at radius 3 is 1.88 bits per heavy atom. The van der Waals surface area contributed by atoms with Crippen molar-refractivity contribution in [3.63, 3.8) is 0 Å². The van der Waals surface area contributed by atoms with E-state index < -0.39 is 0 Å². The molecule has 0 amide bonds. The van der Waals surface area contributed by atoms with Gasteiger partial charge >= 0.3 is 5.97 Å². The number of aliphatic hydroxyl groups is 1. The molecular formula is C26H37N5O3. The molecule has 0 saturated carbocycles. The Morgan fingerprint density at radius 1 is 0.853 bits per heavy atom.